The smallest absolute Gasteiger partial charge is 0.136 e. The topological polar surface area (TPSA) is 36.9 Å². The van der Waals surface area contributed by atoms with Crippen LogP contribution in [0.4, 0.5) is 5.69 Å². The van der Waals surface area contributed by atoms with E-state index in [-0.39, 0.29) is 0 Å². The highest BCUT2D eigenvalue weighted by Gasteiger charge is 2.15. The lowest BCUT2D eigenvalue weighted by Gasteiger charge is -2.28. The van der Waals surface area contributed by atoms with Gasteiger partial charge in [-0.3, -0.25) is 5.43 Å². The summed E-state index contributed by atoms with van der Waals surface area (Å²) in [7, 11) is 0. The number of nitrogens with zero attached hydrogens (tertiary/aromatic N) is 2. The van der Waals surface area contributed by atoms with Crippen molar-refractivity contribution in [2.24, 2.45) is 5.10 Å². The molecule has 0 bridgehead atoms. The third-order valence-electron chi connectivity index (χ3n) is 3.87. The number of anilines is 1. The highest BCUT2D eigenvalue weighted by atomic mass is 79.9. The molecule has 0 amide bonds. The van der Waals surface area contributed by atoms with Gasteiger partial charge < -0.3 is 9.64 Å². The molecule has 0 saturated carbocycles. The minimum Gasteiger partial charge on any atom is -0.378 e. The van der Waals surface area contributed by atoms with Crippen LogP contribution in [0.1, 0.15) is 5.56 Å². The molecule has 1 fully saturated rings. The van der Waals surface area contributed by atoms with E-state index in [0.717, 1.165) is 52.1 Å². The van der Waals surface area contributed by atoms with E-state index in [9.17, 15) is 0 Å². The van der Waals surface area contributed by atoms with E-state index < -0.39 is 0 Å². The summed E-state index contributed by atoms with van der Waals surface area (Å²) < 4.78 is 7.34. The Balaban J connectivity index is 1.69. The highest BCUT2D eigenvalue weighted by molar-refractivity contribution is 9.10. The molecule has 0 radical (unpaired) electrons. The molecule has 136 valence electrons. The molecule has 1 N–H and O–H groups in total. The van der Waals surface area contributed by atoms with Crippen molar-refractivity contribution >= 4 is 55.6 Å². The van der Waals surface area contributed by atoms with Gasteiger partial charge in [-0.25, -0.2) is 0 Å². The molecule has 0 unspecified atom stereocenters. The summed E-state index contributed by atoms with van der Waals surface area (Å²) in [4.78, 5) is 2.20. The largest absolute Gasteiger partial charge is 0.378 e. The maximum atomic E-state index is 5.59. The molecule has 26 heavy (non-hydrogen) atoms. The summed E-state index contributed by atoms with van der Waals surface area (Å²) in [6, 6.07) is 18.1. The van der Waals surface area contributed by atoms with Crippen molar-refractivity contribution in [2.75, 3.05) is 37.5 Å². The van der Waals surface area contributed by atoms with Crippen molar-refractivity contribution in [2.45, 2.75) is 0 Å². The van der Waals surface area contributed by atoms with E-state index in [1.807, 2.05) is 42.5 Å². The van der Waals surface area contributed by atoms with Crippen molar-refractivity contribution in [3.05, 3.63) is 64.6 Å². The van der Waals surface area contributed by atoms with Gasteiger partial charge in [-0.05, 0) is 29.8 Å². The zero-order valence-electron chi connectivity index (χ0n) is 14.2. The standard InChI is InChI=1S/C19H20BrN3OS2/c20-16-8-6-15(7-9-16)18(22-21-17-4-2-1-3-5-17)14-26-19(25)23-10-12-24-13-11-23/h1-9,21H,10-14H2/b22-18+. The van der Waals surface area contributed by atoms with E-state index in [2.05, 4.69) is 43.5 Å². The zero-order valence-corrected chi connectivity index (χ0v) is 17.4. The van der Waals surface area contributed by atoms with Gasteiger partial charge in [-0.2, -0.15) is 5.10 Å². The first-order valence-corrected chi connectivity index (χ1v) is 10.5. The molecule has 4 nitrogen and oxygen atoms in total. The monoisotopic (exact) mass is 449 g/mol. The Bertz CT molecular complexity index is 747. The molecule has 7 heteroatoms. The van der Waals surface area contributed by atoms with Crippen LogP contribution in [0.5, 0.6) is 0 Å². The minimum absolute atomic E-state index is 0.706. The van der Waals surface area contributed by atoms with E-state index >= 15 is 0 Å². The molecular formula is C19H20BrN3OS2. The second-order valence-electron chi connectivity index (χ2n) is 5.70. The van der Waals surface area contributed by atoms with Crippen LogP contribution >= 0.6 is 39.9 Å². The number of thiocarbonyl (C=S) groups is 1. The van der Waals surface area contributed by atoms with Crippen LogP contribution < -0.4 is 5.43 Å². The number of rotatable bonds is 5. The number of hydrazone groups is 1. The fourth-order valence-electron chi connectivity index (χ4n) is 2.43. The summed E-state index contributed by atoms with van der Waals surface area (Å²) in [6.45, 7) is 3.20. The number of halogens is 1. The van der Waals surface area contributed by atoms with Crippen LogP contribution in [0.25, 0.3) is 0 Å². The molecule has 0 aliphatic carbocycles. The minimum atomic E-state index is 0.706. The Labute approximate surface area is 172 Å². The van der Waals surface area contributed by atoms with E-state index in [0.29, 0.717) is 5.75 Å². The van der Waals surface area contributed by atoms with Crippen LogP contribution in [0, 0.1) is 0 Å². The van der Waals surface area contributed by atoms with E-state index in [1.165, 1.54) is 0 Å². The van der Waals surface area contributed by atoms with Gasteiger partial charge in [0.25, 0.3) is 0 Å². The summed E-state index contributed by atoms with van der Waals surface area (Å²) >= 11 is 10.7. The van der Waals surface area contributed by atoms with Crippen molar-refractivity contribution in [3.8, 4) is 0 Å². The van der Waals surface area contributed by atoms with Gasteiger partial charge in [0.15, 0.2) is 0 Å². The fourth-order valence-corrected chi connectivity index (χ4v) is 3.91. The maximum absolute atomic E-state index is 5.59. The molecule has 1 aliphatic rings. The lowest BCUT2D eigenvalue weighted by Crippen LogP contribution is -2.38. The quantitative estimate of drug-likeness (QED) is 0.409. The van der Waals surface area contributed by atoms with Gasteiger partial charge in [0.2, 0.25) is 0 Å². The fraction of sp³-hybridized carbons (Fsp3) is 0.263. The molecule has 1 saturated heterocycles. The third-order valence-corrected chi connectivity index (χ3v) is 5.94. The van der Waals surface area contributed by atoms with Crippen LogP contribution in [0.15, 0.2) is 64.2 Å². The van der Waals surface area contributed by atoms with Crippen molar-refractivity contribution < 1.29 is 4.74 Å². The van der Waals surface area contributed by atoms with Gasteiger partial charge in [-0.15, -0.1) is 0 Å². The van der Waals surface area contributed by atoms with Crippen molar-refractivity contribution in [1.82, 2.24) is 4.90 Å². The first-order valence-electron chi connectivity index (χ1n) is 8.35. The second-order valence-corrected chi connectivity index (χ2v) is 8.22. The number of hydrogen-bond donors (Lipinski definition) is 1. The number of nitrogens with one attached hydrogen (secondary N) is 1. The Morgan fingerprint density at radius 3 is 2.50 bits per heavy atom. The Hall–Kier alpha value is -1.41. The van der Waals surface area contributed by atoms with Gasteiger partial charge in [0.1, 0.15) is 4.32 Å². The number of morpholine rings is 1. The molecular weight excluding hydrogens is 430 g/mol. The average Bonchev–Trinajstić information content (AvgIpc) is 2.70. The molecule has 0 aromatic heterocycles. The Morgan fingerprint density at radius 2 is 1.81 bits per heavy atom. The number of benzene rings is 2. The molecule has 3 rings (SSSR count). The predicted octanol–water partition coefficient (Wildman–Crippen LogP) is 4.62. The molecule has 0 atom stereocenters. The van der Waals surface area contributed by atoms with Crippen molar-refractivity contribution in [3.63, 3.8) is 0 Å². The lowest BCUT2D eigenvalue weighted by atomic mass is 10.1. The number of ether oxygens (including phenoxy) is 1. The number of thioether (sulfide) groups is 1. The summed E-state index contributed by atoms with van der Waals surface area (Å²) in [6.07, 6.45) is 0. The summed E-state index contributed by atoms with van der Waals surface area (Å²) in [5, 5.41) is 4.64. The molecule has 2 aromatic carbocycles. The normalized spacial score (nSPS) is 15.0. The van der Waals surface area contributed by atoms with Crippen LogP contribution in [0.3, 0.4) is 0 Å². The van der Waals surface area contributed by atoms with E-state index in [4.69, 9.17) is 17.0 Å². The Kier molecular flexibility index (Phi) is 7.49. The average molecular weight is 450 g/mol. The predicted molar refractivity (Wildman–Crippen MR) is 118 cm³/mol. The molecule has 1 aliphatic heterocycles. The third kappa shape index (κ3) is 5.81. The van der Waals surface area contributed by atoms with E-state index in [1.54, 1.807) is 11.8 Å². The first kappa shape index (κ1) is 19.4. The number of hydrogen-bond acceptors (Lipinski definition) is 5. The summed E-state index contributed by atoms with van der Waals surface area (Å²) in [5.41, 5.74) is 6.15. The lowest BCUT2D eigenvalue weighted by molar-refractivity contribution is 0.0702. The SMILES string of the molecule is S=C(SC/C(=N\Nc1ccccc1)c1ccc(Br)cc1)N1CCOCC1. The first-order chi connectivity index (χ1) is 12.7. The van der Waals surface area contributed by atoms with Crippen LogP contribution in [-0.2, 0) is 4.74 Å². The zero-order chi connectivity index (χ0) is 18.2. The van der Waals surface area contributed by atoms with Crippen molar-refractivity contribution in [1.29, 1.82) is 0 Å². The van der Waals surface area contributed by atoms with Gasteiger partial charge in [0.05, 0.1) is 24.6 Å². The van der Waals surface area contributed by atoms with Gasteiger partial charge in [0, 0.05) is 23.3 Å². The molecule has 1 heterocycles. The maximum Gasteiger partial charge on any atom is 0.136 e. The summed E-state index contributed by atoms with van der Waals surface area (Å²) in [5.74, 6) is 0.706. The second kappa shape index (κ2) is 10.1. The van der Waals surface area contributed by atoms with Crippen LogP contribution in [0.2, 0.25) is 0 Å². The molecule has 2 aromatic rings. The van der Waals surface area contributed by atoms with Gasteiger partial charge >= 0.3 is 0 Å². The molecule has 0 spiro atoms. The van der Waals surface area contributed by atoms with Crippen LogP contribution in [-0.4, -0.2) is 47.0 Å². The number of para-hydroxylation sites is 1. The van der Waals surface area contributed by atoms with Gasteiger partial charge in [-0.1, -0.05) is 70.2 Å². The highest BCUT2D eigenvalue weighted by Crippen LogP contribution is 2.17. The Morgan fingerprint density at radius 1 is 1.12 bits per heavy atom.